The van der Waals surface area contributed by atoms with Gasteiger partial charge >= 0.3 is 0 Å². The van der Waals surface area contributed by atoms with Crippen LogP contribution in [0, 0.1) is 15.9 Å². The fraction of sp³-hybridized carbons (Fsp3) is 0.0909. The van der Waals surface area contributed by atoms with Crippen molar-refractivity contribution in [2.75, 3.05) is 0 Å². The first-order valence-electron chi connectivity index (χ1n) is 9.18. The summed E-state index contributed by atoms with van der Waals surface area (Å²) in [6.07, 6.45) is 1.36. The van der Waals surface area contributed by atoms with Gasteiger partial charge < -0.3 is 14.4 Å². The number of carbonyl (C=O) groups is 2. The van der Waals surface area contributed by atoms with Gasteiger partial charge in [0.05, 0.1) is 16.8 Å². The fourth-order valence-corrected chi connectivity index (χ4v) is 3.49. The normalized spacial score (nSPS) is 17.8. The summed E-state index contributed by atoms with van der Waals surface area (Å²) in [7, 11) is 0. The quantitative estimate of drug-likeness (QED) is 0.219. The van der Waals surface area contributed by atoms with Crippen LogP contribution in [0.15, 0.2) is 76.9 Å². The van der Waals surface area contributed by atoms with E-state index in [1.807, 2.05) is 0 Å². The lowest BCUT2D eigenvalue weighted by atomic mass is 9.99. The van der Waals surface area contributed by atoms with Gasteiger partial charge in [-0.1, -0.05) is 24.3 Å². The number of rotatable bonds is 5. The Bertz CT molecular complexity index is 1200. The topological polar surface area (TPSA) is 114 Å². The van der Waals surface area contributed by atoms with Crippen molar-refractivity contribution in [2.24, 2.45) is 0 Å². The number of hydrogen-bond acceptors (Lipinski definition) is 6. The van der Waals surface area contributed by atoms with Crippen molar-refractivity contribution in [3.05, 3.63) is 105 Å². The first-order valence-corrected chi connectivity index (χ1v) is 9.18. The smallest absolute Gasteiger partial charge is 0.296 e. The van der Waals surface area contributed by atoms with Gasteiger partial charge in [0.1, 0.15) is 23.4 Å². The minimum absolute atomic E-state index is 0.0190. The maximum absolute atomic E-state index is 13.2. The third-order valence-electron chi connectivity index (χ3n) is 4.95. The van der Waals surface area contributed by atoms with Gasteiger partial charge in [-0.05, 0) is 29.8 Å². The Hall–Kier alpha value is -4.27. The minimum atomic E-state index is -1.06. The van der Waals surface area contributed by atoms with Crippen molar-refractivity contribution in [1.82, 2.24) is 4.90 Å². The molecule has 0 aliphatic carbocycles. The zero-order valence-electron chi connectivity index (χ0n) is 15.9. The first kappa shape index (κ1) is 20.0. The number of nitro groups is 1. The van der Waals surface area contributed by atoms with Gasteiger partial charge in [0, 0.05) is 24.2 Å². The first-order chi connectivity index (χ1) is 14.9. The number of nitro benzene ring substituents is 1. The number of ketones is 1. The highest BCUT2D eigenvalue weighted by Gasteiger charge is 2.47. The molecule has 0 saturated carbocycles. The number of hydrogen-bond donors (Lipinski definition) is 1. The number of nitrogens with zero attached hydrogens (tertiary/aromatic N) is 2. The number of non-ortho nitro benzene ring substituents is 1. The molecule has 156 valence electrons. The highest BCUT2D eigenvalue weighted by atomic mass is 19.1. The van der Waals surface area contributed by atoms with E-state index in [9.17, 15) is 29.2 Å². The summed E-state index contributed by atoms with van der Waals surface area (Å²) in [5.41, 5.74) is 0.0578. The van der Waals surface area contributed by atoms with Gasteiger partial charge in [-0.3, -0.25) is 19.7 Å². The Labute approximate surface area is 175 Å². The largest absolute Gasteiger partial charge is 0.507 e. The molecule has 0 bridgehead atoms. The molecule has 1 aliphatic heterocycles. The molecule has 1 atom stereocenters. The van der Waals surface area contributed by atoms with E-state index in [0.717, 1.165) is 6.07 Å². The van der Waals surface area contributed by atoms with E-state index in [-0.39, 0.29) is 29.1 Å². The van der Waals surface area contributed by atoms with E-state index in [1.165, 1.54) is 53.6 Å². The number of furan rings is 1. The molecule has 4 rings (SSSR count). The molecule has 1 saturated heterocycles. The predicted molar refractivity (Wildman–Crippen MR) is 106 cm³/mol. The van der Waals surface area contributed by atoms with Crippen molar-refractivity contribution < 1.29 is 28.4 Å². The molecule has 9 heteroatoms. The van der Waals surface area contributed by atoms with E-state index in [1.54, 1.807) is 12.1 Å². The number of benzene rings is 2. The number of likely N-dealkylation sites (tertiary alicyclic amines) is 1. The number of amides is 1. The second-order valence-corrected chi connectivity index (χ2v) is 6.88. The maximum Gasteiger partial charge on any atom is 0.296 e. The summed E-state index contributed by atoms with van der Waals surface area (Å²) < 4.78 is 18.7. The summed E-state index contributed by atoms with van der Waals surface area (Å²) in [5.74, 6) is -2.59. The van der Waals surface area contributed by atoms with Crippen LogP contribution in [0.2, 0.25) is 0 Å². The van der Waals surface area contributed by atoms with Crippen LogP contribution < -0.4 is 0 Å². The number of aliphatic hydroxyl groups is 1. The number of Topliss-reactive ketones (excluding diaryl/α,β-unsaturated/α-hetero) is 1. The summed E-state index contributed by atoms with van der Waals surface area (Å²) in [4.78, 5) is 37.3. The number of aliphatic hydroxyl groups excluding tert-OH is 1. The molecule has 1 fully saturated rings. The highest BCUT2D eigenvalue weighted by molar-refractivity contribution is 6.46. The highest BCUT2D eigenvalue weighted by Crippen LogP contribution is 2.40. The summed E-state index contributed by atoms with van der Waals surface area (Å²) in [6.45, 7) is -0.0397. The Morgan fingerprint density at radius 3 is 2.52 bits per heavy atom. The van der Waals surface area contributed by atoms with Crippen LogP contribution in [0.1, 0.15) is 22.9 Å². The molecule has 1 amide bonds. The lowest BCUT2D eigenvalue weighted by molar-refractivity contribution is -0.384. The molecule has 3 aromatic rings. The third-order valence-corrected chi connectivity index (χ3v) is 4.95. The van der Waals surface area contributed by atoms with E-state index in [2.05, 4.69) is 0 Å². The molecule has 1 aromatic heterocycles. The van der Waals surface area contributed by atoms with Crippen LogP contribution in [0.3, 0.4) is 0 Å². The zero-order chi connectivity index (χ0) is 22.1. The van der Waals surface area contributed by atoms with E-state index in [4.69, 9.17) is 4.42 Å². The van der Waals surface area contributed by atoms with Gasteiger partial charge in [-0.15, -0.1) is 0 Å². The summed E-state index contributed by atoms with van der Waals surface area (Å²) >= 11 is 0. The Balaban J connectivity index is 1.83. The van der Waals surface area contributed by atoms with Crippen molar-refractivity contribution in [1.29, 1.82) is 0 Å². The maximum atomic E-state index is 13.2. The molecule has 0 radical (unpaired) electrons. The van der Waals surface area contributed by atoms with Crippen LogP contribution in [0.4, 0.5) is 10.1 Å². The van der Waals surface area contributed by atoms with E-state index in [0.29, 0.717) is 5.56 Å². The Morgan fingerprint density at radius 1 is 1.13 bits per heavy atom. The van der Waals surface area contributed by atoms with Gasteiger partial charge in [-0.2, -0.15) is 0 Å². The van der Waals surface area contributed by atoms with Crippen molar-refractivity contribution >= 4 is 23.1 Å². The Morgan fingerprint density at radius 2 is 1.87 bits per heavy atom. The number of carbonyl (C=O) groups excluding carboxylic acids is 2. The lowest BCUT2D eigenvalue weighted by Crippen LogP contribution is -2.29. The molecule has 2 aromatic carbocycles. The van der Waals surface area contributed by atoms with Crippen molar-refractivity contribution in [3.63, 3.8) is 0 Å². The predicted octanol–water partition coefficient (Wildman–Crippen LogP) is 3.95. The second-order valence-electron chi connectivity index (χ2n) is 6.88. The average molecular weight is 422 g/mol. The molecule has 0 spiro atoms. The second kappa shape index (κ2) is 7.86. The molecule has 8 nitrogen and oxygen atoms in total. The molecule has 2 heterocycles. The summed E-state index contributed by atoms with van der Waals surface area (Å²) in [5, 5.41) is 22.0. The van der Waals surface area contributed by atoms with Gasteiger partial charge in [0.25, 0.3) is 17.4 Å². The van der Waals surface area contributed by atoms with Crippen LogP contribution in [-0.2, 0) is 16.1 Å². The minimum Gasteiger partial charge on any atom is -0.507 e. The third kappa shape index (κ3) is 3.68. The molecule has 1 N–H and O–H groups in total. The monoisotopic (exact) mass is 422 g/mol. The average Bonchev–Trinajstić information content (AvgIpc) is 3.37. The molecular weight excluding hydrogens is 407 g/mol. The SMILES string of the molecule is O=C1C(=O)N(Cc2ccc(F)cc2)C(c2ccco2)/C1=C(/O)c1cccc([N+](=O)[O-])c1. The van der Waals surface area contributed by atoms with Gasteiger partial charge in [0.2, 0.25) is 0 Å². The lowest BCUT2D eigenvalue weighted by Gasteiger charge is -2.23. The molecule has 1 unspecified atom stereocenters. The van der Waals surface area contributed by atoms with E-state index >= 15 is 0 Å². The molecule has 1 aliphatic rings. The zero-order valence-corrected chi connectivity index (χ0v) is 15.9. The van der Waals surface area contributed by atoms with Crippen LogP contribution in [0.5, 0.6) is 0 Å². The van der Waals surface area contributed by atoms with Gasteiger partial charge in [0.15, 0.2) is 0 Å². The summed E-state index contributed by atoms with van der Waals surface area (Å²) in [6, 6.07) is 12.6. The standard InChI is InChI=1S/C22H15FN2O6/c23-15-8-6-13(7-9-15)12-24-19(17-5-2-10-31-17)18(21(27)22(24)28)20(26)14-3-1-4-16(11-14)25(29)30/h1-11,19,26H,12H2/b20-18-. The van der Waals surface area contributed by atoms with Crippen molar-refractivity contribution in [2.45, 2.75) is 12.6 Å². The molecule has 31 heavy (non-hydrogen) atoms. The van der Waals surface area contributed by atoms with Crippen LogP contribution in [-0.4, -0.2) is 26.6 Å². The molecular formula is C22H15FN2O6. The van der Waals surface area contributed by atoms with Crippen LogP contribution >= 0.6 is 0 Å². The number of halogens is 1. The van der Waals surface area contributed by atoms with Crippen molar-refractivity contribution in [3.8, 4) is 0 Å². The van der Waals surface area contributed by atoms with Crippen LogP contribution in [0.25, 0.3) is 5.76 Å². The van der Waals surface area contributed by atoms with Gasteiger partial charge in [-0.25, -0.2) is 4.39 Å². The fourth-order valence-electron chi connectivity index (χ4n) is 3.49. The Kier molecular flexibility index (Phi) is 5.08. The van der Waals surface area contributed by atoms with E-state index < -0.39 is 34.2 Å².